The third-order valence-electron chi connectivity index (χ3n) is 14.6. The molecule has 0 saturated heterocycles. The van der Waals surface area contributed by atoms with Crippen molar-refractivity contribution in [2.24, 2.45) is 0 Å². The standard InChI is InChI=1S/C57H52BN3/c1-54(2,3)33-15-19-45-39(25-33)41-21-30(29-59)22-44-52(41)60(45)53-38-18-14-32-24-35(56(7,8)9)23-31-13-17-37(48(38)47(31)32)49-43-28-36(57(10,11)12)27-42-40-26-34(55(4,5)6)16-20-46(40)61(51(42)43)58(44)50(49)53/h13-28H,1-12H3. The Bertz CT molecular complexity index is 3670. The second kappa shape index (κ2) is 11.3. The highest BCUT2D eigenvalue weighted by atomic mass is 15.0. The molecule has 4 heterocycles. The first kappa shape index (κ1) is 36.8. The van der Waals surface area contributed by atoms with Crippen LogP contribution in [-0.2, 0) is 21.7 Å². The summed E-state index contributed by atoms with van der Waals surface area (Å²) in [5.41, 5.74) is 17.3. The van der Waals surface area contributed by atoms with E-state index >= 15 is 0 Å². The van der Waals surface area contributed by atoms with Gasteiger partial charge in [-0.15, -0.1) is 0 Å². The molecule has 0 spiro atoms. The predicted molar refractivity (Wildman–Crippen MR) is 263 cm³/mol. The first-order chi connectivity index (χ1) is 28.7. The molecular formula is C57H52BN3. The van der Waals surface area contributed by atoms with E-state index in [0.29, 0.717) is 5.56 Å². The molecule has 0 atom stereocenters. The summed E-state index contributed by atoms with van der Waals surface area (Å²) in [7, 11) is 0. The molecule has 0 fully saturated rings. The fraction of sp³-hybridized carbons (Fsp3) is 0.281. The summed E-state index contributed by atoms with van der Waals surface area (Å²) < 4.78 is 5.28. The van der Waals surface area contributed by atoms with Crippen LogP contribution in [0.4, 0.5) is 0 Å². The average molecular weight is 790 g/mol. The number of aromatic nitrogens is 2. The van der Waals surface area contributed by atoms with Gasteiger partial charge in [0, 0.05) is 48.9 Å². The molecule has 12 rings (SSSR count). The molecule has 0 bridgehead atoms. The lowest BCUT2D eigenvalue weighted by Crippen LogP contribution is -2.55. The highest BCUT2D eigenvalue weighted by molar-refractivity contribution is 6.90. The van der Waals surface area contributed by atoms with Crippen LogP contribution in [0.5, 0.6) is 0 Å². The van der Waals surface area contributed by atoms with E-state index in [9.17, 15) is 5.26 Å². The molecule has 0 radical (unpaired) electrons. The van der Waals surface area contributed by atoms with Crippen LogP contribution in [0.25, 0.3) is 92.7 Å². The van der Waals surface area contributed by atoms with Crippen LogP contribution >= 0.6 is 0 Å². The monoisotopic (exact) mass is 789 g/mol. The molecule has 0 saturated carbocycles. The van der Waals surface area contributed by atoms with Gasteiger partial charge in [-0.2, -0.15) is 5.26 Å². The van der Waals surface area contributed by atoms with Crippen LogP contribution < -0.4 is 10.9 Å². The van der Waals surface area contributed by atoms with Crippen LogP contribution in [0.2, 0.25) is 0 Å². The van der Waals surface area contributed by atoms with E-state index in [2.05, 4.69) is 195 Å². The third kappa shape index (κ3) is 4.70. The van der Waals surface area contributed by atoms with E-state index in [1.807, 2.05) is 0 Å². The molecule has 0 amide bonds. The average Bonchev–Trinajstić information content (AvgIpc) is 3.70. The van der Waals surface area contributed by atoms with Crippen molar-refractivity contribution in [3.63, 3.8) is 0 Å². The summed E-state index contributed by atoms with van der Waals surface area (Å²) >= 11 is 0. The minimum absolute atomic E-state index is 0.00727. The molecular weight excluding hydrogens is 737 g/mol. The number of nitrogens with zero attached hydrogens (tertiary/aromatic N) is 3. The smallest absolute Gasteiger partial charge is 0.333 e. The van der Waals surface area contributed by atoms with Crippen molar-refractivity contribution in [1.29, 1.82) is 5.26 Å². The van der Waals surface area contributed by atoms with Gasteiger partial charge in [-0.05, 0) is 130 Å². The van der Waals surface area contributed by atoms with Crippen molar-refractivity contribution in [3.05, 3.63) is 125 Å². The molecule has 4 heteroatoms. The minimum atomic E-state index is -0.150. The molecule has 298 valence electrons. The van der Waals surface area contributed by atoms with Crippen molar-refractivity contribution in [2.45, 2.75) is 105 Å². The number of hydrogen-bond donors (Lipinski definition) is 0. The Morgan fingerprint density at radius 2 is 1.02 bits per heavy atom. The van der Waals surface area contributed by atoms with Crippen LogP contribution in [0.15, 0.2) is 97.1 Å². The Kier molecular flexibility index (Phi) is 6.78. The normalized spacial score (nSPS) is 14.2. The van der Waals surface area contributed by atoms with Gasteiger partial charge < -0.3 is 9.05 Å². The third-order valence-corrected chi connectivity index (χ3v) is 14.6. The topological polar surface area (TPSA) is 33.6 Å². The van der Waals surface area contributed by atoms with Crippen molar-refractivity contribution in [1.82, 2.24) is 9.05 Å². The van der Waals surface area contributed by atoms with E-state index in [0.717, 1.165) is 5.39 Å². The van der Waals surface area contributed by atoms with E-state index in [1.54, 1.807) is 0 Å². The summed E-state index contributed by atoms with van der Waals surface area (Å²) in [6, 6.07) is 40.9. The van der Waals surface area contributed by atoms with E-state index in [1.165, 1.54) is 121 Å². The number of benzene rings is 8. The maximum Gasteiger partial charge on any atom is 0.333 e. The van der Waals surface area contributed by atoms with Gasteiger partial charge in [0.25, 0.3) is 0 Å². The molecule has 3 nitrogen and oxygen atoms in total. The van der Waals surface area contributed by atoms with Crippen molar-refractivity contribution >= 4 is 93.7 Å². The van der Waals surface area contributed by atoms with Gasteiger partial charge >= 0.3 is 6.85 Å². The largest absolute Gasteiger partial charge is 0.375 e. The second-order valence-electron chi connectivity index (χ2n) is 22.6. The van der Waals surface area contributed by atoms with Crippen molar-refractivity contribution in [3.8, 4) is 22.9 Å². The molecule has 2 aromatic heterocycles. The summed E-state index contributed by atoms with van der Waals surface area (Å²) in [5, 5.41) is 23.6. The van der Waals surface area contributed by atoms with Crippen LogP contribution in [-0.4, -0.2) is 15.9 Å². The van der Waals surface area contributed by atoms with Crippen molar-refractivity contribution < 1.29 is 0 Å². The highest BCUT2D eigenvalue weighted by Crippen LogP contribution is 2.51. The zero-order chi connectivity index (χ0) is 42.6. The Morgan fingerprint density at radius 1 is 0.475 bits per heavy atom. The number of nitriles is 1. The van der Waals surface area contributed by atoms with Gasteiger partial charge in [0.2, 0.25) is 0 Å². The van der Waals surface area contributed by atoms with Gasteiger partial charge in [0.15, 0.2) is 0 Å². The van der Waals surface area contributed by atoms with E-state index in [4.69, 9.17) is 0 Å². The van der Waals surface area contributed by atoms with Gasteiger partial charge in [-0.25, -0.2) is 0 Å². The molecule has 0 aliphatic carbocycles. The van der Waals surface area contributed by atoms with Crippen LogP contribution in [0, 0.1) is 11.3 Å². The Balaban J connectivity index is 1.38. The summed E-state index contributed by atoms with van der Waals surface area (Å²) in [4.78, 5) is 0. The first-order valence-corrected chi connectivity index (χ1v) is 22.2. The molecule has 2 aliphatic heterocycles. The maximum absolute atomic E-state index is 10.8. The van der Waals surface area contributed by atoms with Gasteiger partial charge in [0.05, 0.1) is 28.4 Å². The lowest BCUT2D eigenvalue weighted by molar-refractivity contribution is 0.590. The Morgan fingerprint density at radius 3 is 1.62 bits per heavy atom. The quantitative estimate of drug-likeness (QED) is 0.111. The summed E-state index contributed by atoms with van der Waals surface area (Å²) in [6.07, 6.45) is 0. The molecule has 61 heavy (non-hydrogen) atoms. The Hall–Kier alpha value is -6.05. The summed E-state index contributed by atoms with van der Waals surface area (Å²) in [6.45, 7) is 27.7. The number of hydrogen-bond acceptors (Lipinski definition) is 1. The molecule has 0 N–H and O–H groups in total. The fourth-order valence-electron chi connectivity index (χ4n) is 11.3. The second-order valence-corrected chi connectivity index (χ2v) is 22.6. The summed E-state index contributed by atoms with van der Waals surface area (Å²) in [5.74, 6) is 0. The van der Waals surface area contributed by atoms with Crippen LogP contribution in [0.3, 0.4) is 0 Å². The van der Waals surface area contributed by atoms with E-state index in [-0.39, 0.29) is 28.5 Å². The molecule has 10 aromatic rings. The van der Waals surface area contributed by atoms with Crippen LogP contribution in [0.1, 0.15) is 111 Å². The lowest BCUT2D eigenvalue weighted by Gasteiger charge is -2.36. The zero-order valence-electron chi connectivity index (χ0n) is 37.7. The molecule has 0 unspecified atom stereocenters. The van der Waals surface area contributed by atoms with Crippen molar-refractivity contribution in [2.75, 3.05) is 0 Å². The number of fused-ring (bicyclic) bond motifs is 12. The minimum Gasteiger partial charge on any atom is -0.375 e. The van der Waals surface area contributed by atoms with E-state index < -0.39 is 0 Å². The zero-order valence-corrected chi connectivity index (χ0v) is 37.7. The fourth-order valence-corrected chi connectivity index (χ4v) is 11.3. The van der Waals surface area contributed by atoms with Gasteiger partial charge in [-0.1, -0.05) is 132 Å². The molecule has 2 aliphatic rings. The van der Waals surface area contributed by atoms with Gasteiger partial charge in [0.1, 0.15) is 0 Å². The first-order valence-electron chi connectivity index (χ1n) is 22.2. The molecule has 8 aromatic carbocycles. The maximum atomic E-state index is 10.8. The van der Waals surface area contributed by atoms with Gasteiger partial charge in [-0.3, -0.25) is 0 Å². The predicted octanol–water partition coefficient (Wildman–Crippen LogP) is 13.8. The SMILES string of the molecule is CC(C)(C)c1cc2ccc3c4c5c(c6ccc(c1)c2c36)-n1c2ccc(C(C)(C)C)cc2c2cc(C#N)cc(c21)B5n1c2ccc(C(C)(C)C)cc2c2cc(C(C)(C)C)cc-4c21. The lowest BCUT2D eigenvalue weighted by atomic mass is 9.45. The number of rotatable bonds is 0. The highest BCUT2D eigenvalue weighted by Gasteiger charge is 2.44. The Labute approximate surface area is 359 Å².